The summed E-state index contributed by atoms with van der Waals surface area (Å²) in [6, 6.07) is 4.33. The molecular formula is C20H30N2O5S. The zero-order chi connectivity index (χ0) is 20.9. The van der Waals surface area contributed by atoms with Crippen LogP contribution in [0.25, 0.3) is 0 Å². The van der Waals surface area contributed by atoms with Crippen molar-refractivity contribution >= 4 is 10.0 Å². The summed E-state index contributed by atoms with van der Waals surface area (Å²) in [5.41, 5.74) is 0.657. The predicted molar refractivity (Wildman–Crippen MR) is 108 cm³/mol. The number of benzene rings is 1. The number of sulfonamides is 1. The van der Waals surface area contributed by atoms with Gasteiger partial charge in [0.1, 0.15) is 23.4 Å². The van der Waals surface area contributed by atoms with Crippen LogP contribution in [0.3, 0.4) is 0 Å². The first-order valence-electron chi connectivity index (χ1n) is 9.26. The van der Waals surface area contributed by atoms with Crippen LogP contribution in [-0.2, 0) is 14.8 Å². The van der Waals surface area contributed by atoms with Gasteiger partial charge in [-0.2, -0.15) is 4.31 Å². The number of methoxy groups -OCH3 is 1. The van der Waals surface area contributed by atoms with E-state index in [1.807, 2.05) is 25.9 Å². The Morgan fingerprint density at radius 2 is 2.14 bits per heavy atom. The third kappa shape index (κ3) is 5.25. The van der Waals surface area contributed by atoms with Crippen LogP contribution in [0.2, 0.25) is 0 Å². The highest BCUT2D eigenvalue weighted by Gasteiger charge is 2.37. The molecule has 0 bridgehead atoms. The minimum Gasteiger partial charge on any atom is -0.487 e. The molecule has 0 aromatic heterocycles. The molecule has 156 valence electrons. The SMILES string of the molecule is COCC#Cc1ccc2c(c1)O[C@@H](CN(C)C)[C@@H](C)CN([C@@H](C)CO)S2(=O)=O. The van der Waals surface area contributed by atoms with Crippen LogP contribution >= 0.6 is 0 Å². The van der Waals surface area contributed by atoms with Gasteiger partial charge in [-0.05, 0) is 39.2 Å². The van der Waals surface area contributed by atoms with Crippen molar-refractivity contribution in [3.8, 4) is 17.6 Å². The van der Waals surface area contributed by atoms with E-state index >= 15 is 0 Å². The van der Waals surface area contributed by atoms with Crippen molar-refractivity contribution in [2.45, 2.75) is 30.9 Å². The van der Waals surface area contributed by atoms with E-state index in [0.717, 1.165) is 0 Å². The van der Waals surface area contributed by atoms with Crippen molar-refractivity contribution in [2.24, 2.45) is 5.92 Å². The van der Waals surface area contributed by atoms with Gasteiger partial charge in [0.25, 0.3) is 0 Å². The molecule has 28 heavy (non-hydrogen) atoms. The molecular weight excluding hydrogens is 380 g/mol. The lowest BCUT2D eigenvalue weighted by Crippen LogP contribution is -2.49. The quantitative estimate of drug-likeness (QED) is 0.730. The average Bonchev–Trinajstić information content (AvgIpc) is 2.63. The first-order chi connectivity index (χ1) is 13.2. The number of likely N-dealkylation sites (N-methyl/N-ethyl adjacent to an activating group) is 1. The standard InChI is InChI=1S/C20H30N2O5S/c1-15-12-22(16(2)14-23)28(24,25)20-9-8-17(7-6-10-26-5)11-18(20)27-19(15)13-21(3)4/h8-9,11,15-16,19,23H,10,12-14H2,1-5H3/t15-,16-,19-/m0/s1. The van der Waals surface area contributed by atoms with Gasteiger partial charge in [-0.1, -0.05) is 18.8 Å². The maximum absolute atomic E-state index is 13.3. The van der Waals surface area contributed by atoms with Crippen molar-refractivity contribution in [3.05, 3.63) is 23.8 Å². The van der Waals surface area contributed by atoms with Gasteiger partial charge in [0.2, 0.25) is 10.0 Å². The fraction of sp³-hybridized carbons (Fsp3) is 0.600. The molecule has 7 nitrogen and oxygen atoms in total. The molecule has 0 aliphatic carbocycles. The molecule has 1 aromatic rings. The molecule has 0 saturated heterocycles. The van der Waals surface area contributed by atoms with E-state index in [1.165, 1.54) is 10.4 Å². The number of ether oxygens (including phenoxy) is 2. The van der Waals surface area contributed by atoms with Gasteiger partial charge in [-0.3, -0.25) is 0 Å². The molecule has 1 aliphatic heterocycles. The van der Waals surface area contributed by atoms with Gasteiger partial charge < -0.3 is 19.5 Å². The van der Waals surface area contributed by atoms with Crippen molar-refractivity contribution in [3.63, 3.8) is 0 Å². The number of hydrogen-bond acceptors (Lipinski definition) is 6. The van der Waals surface area contributed by atoms with Crippen molar-refractivity contribution in [1.82, 2.24) is 9.21 Å². The first-order valence-corrected chi connectivity index (χ1v) is 10.7. The Morgan fingerprint density at radius 3 is 2.75 bits per heavy atom. The third-order valence-corrected chi connectivity index (χ3v) is 6.68. The summed E-state index contributed by atoms with van der Waals surface area (Å²) in [7, 11) is 1.65. The average molecular weight is 411 g/mol. The van der Waals surface area contributed by atoms with E-state index in [9.17, 15) is 13.5 Å². The fourth-order valence-electron chi connectivity index (χ4n) is 3.09. The minimum absolute atomic E-state index is 0.0671. The molecule has 1 aromatic carbocycles. The summed E-state index contributed by atoms with van der Waals surface area (Å²) in [4.78, 5) is 2.11. The lowest BCUT2D eigenvalue weighted by molar-refractivity contribution is 0.0812. The van der Waals surface area contributed by atoms with Crippen LogP contribution in [0.15, 0.2) is 23.1 Å². The molecule has 3 atom stereocenters. The topological polar surface area (TPSA) is 79.3 Å². The van der Waals surface area contributed by atoms with Crippen LogP contribution in [-0.4, -0.2) is 82.4 Å². The number of aliphatic hydroxyl groups excluding tert-OH is 1. The zero-order valence-corrected chi connectivity index (χ0v) is 18.0. The Bertz CT molecular complexity index is 829. The molecule has 0 amide bonds. The lowest BCUT2D eigenvalue weighted by Gasteiger charge is -2.37. The Labute approximate surface area is 168 Å². The van der Waals surface area contributed by atoms with Crippen molar-refractivity contribution in [1.29, 1.82) is 0 Å². The normalized spacial score (nSPS) is 23.0. The molecule has 1 aliphatic rings. The van der Waals surface area contributed by atoms with E-state index in [2.05, 4.69) is 11.8 Å². The third-order valence-electron chi connectivity index (χ3n) is 4.66. The van der Waals surface area contributed by atoms with Crippen LogP contribution in [0, 0.1) is 17.8 Å². The second-order valence-corrected chi connectivity index (χ2v) is 9.26. The van der Waals surface area contributed by atoms with Crippen LogP contribution in [0.1, 0.15) is 19.4 Å². The Morgan fingerprint density at radius 1 is 1.43 bits per heavy atom. The molecule has 0 saturated carbocycles. The summed E-state index contributed by atoms with van der Waals surface area (Å²) in [5.74, 6) is 6.05. The van der Waals surface area contributed by atoms with Gasteiger partial charge in [0.15, 0.2) is 0 Å². The zero-order valence-electron chi connectivity index (χ0n) is 17.2. The Balaban J connectivity index is 2.57. The lowest BCUT2D eigenvalue weighted by atomic mass is 10.0. The molecule has 8 heteroatoms. The summed E-state index contributed by atoms with van der Waals surface area (Å²) in [6.45, 7) is 4.63. The smallest absolute Gasteiger partial charge is 0.247 e. The molecule has 1 N–H and O–H groups in total. The van der Waals surface area contributed by atoms with Crippen LogP contribution < -0.4 is 4.74 Å². The van der Waals surface area contributed by atoms with Gasteiger partial charge in [-0.15, -0.1) is 0 Å². The van der Waals surface area contributed by atoms with E-state index in [-0.39, 0.29) is 35.8 Å². The monoisotopic (exact) mass is 410 g/mol. The number of aliphatic hydroxyl groups is 1. The van der Waals surface area contributed by atoms with Crippen molar-refractivity contribution in [2.75, 3.05) is 47.5 Å². The van der Waals surface area contributed by atoms with Gasteiger partial charge in [0, 0.05) is 37.7 Å². The van der Waals surface area contributed by atoms with Crippen LogP contribution in [0.5, 0.6) is 5.75 Å². The predicted octanol–water partition coefficient (Wildman–Crippen LogP) is 1.01. The summed E-state index contributed by atoms with van der Waals surface area (Å²) in [6.07, 6.45) is -0.208. The van der Waals surface area contributed by atoms with Gasteiger partial charge >= 0.3 is 0 Å². The fourth-order valence-corrected chi connectivity index (χ4v) is 4.92. The van der Waals surface area contributed by atoms with E-state index < -0.39 is 16.1 Å². The number of fused-ring (bicyclic) bond motifs is 1. The number of hydrogen-bond donors (Lipinski definition) is 1. The second-order valence-electron chi connectivity index (χ2n) is 7.40. The Hall–Kier alpha value is -1.63. The maximum atomic E-state index is 13.3. The largest absolute Gasteiger partial charge is 0.487 e. The molecule has 2 rings (SSSR count). The minimum atomic E-state index is -3.82. The van der Waals surface area contributed by atoms with E-state index in [0.29, 0.717) is 18.7 Å². The molecule has 0 fully saturated rings. The second kappa shape index (κ2) is 9.72. The summed E-state index contributed by atoms with van der Waals surface area (Å²) in [5, 5.41) is 9.62. The number of nitrogens with zero attached hydrogens (tertiary/aromatic N) is 2. The molecule has 0 unspecified atom stereocenters. The number of rotatable bonds is 5. The summed E-state index contributed by atoms with van der Waals surface area (Å²) < 4.78 is 39.1. The van der Waals surface area contributed by atoms with E-state index in [1.54, 1.807) is 26.2 Å². The van der Waals surface area contributed by atoms with Gasteiger partial charge in [0.05, 0.1) is 6.61 Å². The van der Waals surface area contributed by atoms with Gasteiger partial charge in [-0.25, -0.2) is 8.42 Å². The first kappa shape index (κ1) is 22.7. The van der Waals surface area contributed by atoms with Crippen LogP contribution in [0.4, 0.5) is 0 Å². The highest BCUT2D eigenvalue weighted by molar-refractivity contribution is 7.89. The van der Waals surface area contributed by atoms with E-state index in [4.69, 9.17) is 9.47 Å². The highest BCUT2D eigenvalue weighted by atomic mass is 32.2. The molecule has 0 radical (unpaired) electrons. The molecule has 0 spiro atoms. The summed E-state index contributed by atoms with van der Waals surface area (Å²) >= 11 is 0. The van der Waals surface area contributed by atoms with Crippen molar-refractivity contribution < 1.29 is 23.0 Å². The maximum Gasteiger partial charge on any atom is 0.247 e. The molecule has 1 heterocycles. The Kier molecular flexibility index (Phi) is 7.87. The highest BCUT2D eigenvalue weighted by Crippen LogP contribution is 2.34.